The fraction of sp³-hybridized carbons (Fsp3) is 0.455. The first-order valence-electron chi connectivity index (χ1n) is 5.64. The standard InChI is InChI=1S/C11H15N3O3S/c12-10(17)8-2-4-18-11(8)13-9(16)6-14-3-1-7(15)5-14/h2,4,7,15H,1,3,5-6H2,(H2,12,17)(H,13,16). The van der Waals surface area contributed by atoms with Crippen LogP contribution in [0.5, 0.6) is 0 Å². The molecule has 2 amide bonds. The lowest BCUT2D eigenvalue weighted by Crippen LogP contribution is -2.32. The average molecular weight is 269 g/mol. The third-order valence-electron chi connectivity index (χ3n) is 2.80. The van der Waals surface area contributed by atoms with Gasteiger partial charge in [-0.15, -0.1) is 11.3 Å². The van der Waals surface area contributed by atoms with Gasteiger partial charge in [-0.05, 0) is 17.9 Å². The van der Waals surface area contributed by atoms with Crippen LogP contribution in [0.3, 0.4) is 0 Å². The van der Waals surface area contributed by atoms with E-state index in [1.54, 1.807) is 11.4 Å². The molecule has 0 saturated carbocycles. The van der Waals surface area contributed by atoms with Gasteiger partial charge >= 0.3 is 0 Å². The van der Waals surface area contributed by atoms with Crippen LogP contribution in [0.4, 0.5) is 5.00 Å². The number of carbonyl (C=O) groups excluding carboxylic acids is 2. The maximum atomic E-state index is 11.8. The number of hydrogen-bond donors (Lipinski definition) is 3. The zero-order valence-electron chi connectivity index (χ0n) is 9.76. The molecule has 18 heavy (non-hydrogen) atoms. The average Bonchev–Trinajstić information content (AvgIpc) is 2.87. The van der Waals surface area contributed by atoms with E-state index in [1.165, 1.54) is 11.3 Å². The van der Waals surface area contributed by atoms with E-state index in [0.29, 0.717) is 30.1 Å². The van der Waals surface area contributed by atoms with Crippen LogP contribution in [-0.4, -0.2) is 47.6 Å². The second-order valence-corrected chi connectivity index (χ2v) is 5.17. The van der Waals surface area contributed by atoms with Crippen LogP contribution >= 0.6 is 11.3 Å². The molecular weight excluding hydrogens is 254 g/mol. The normalized spacial score (nSPS) is 19.9. The minimum Gasteiger partial charge on any atom is -0.392 e. The zero-order valence-corrected chi connectivity index (χ0v) is 10.6. The van der Waals surface area contributed by atoms with Crippen LogP contribution in [0.1, 0.15) is 16.8 Å². The number of aliphatic hydroxyl groups is 1. The van der Waals surface area contributed by atoms with Gasteiger partial charge in [0, 0.05) is 13.1 Å². The molecule has 98 valence electrons. The van der Waals surface area contributed by atoms with E-state index in [-0.39, 0.29) is 18.6 Å². The number of aliphatic hydroxyl groups excluding tert-OH is 1. The minimum atomic E-state index is -0.553. The van der Waals surface area contributed by atoms with Gasteiger partial charge in [0.25, 0.3) is 5.91 Å². The van der Waals surface area contributed by atoms with Crippen LogP contribution in [0.25, 0.3) is 0 Å². The van der Waals surface area contributed by atoms with Gasteiger partial charge in [-0.2, -0.15) is 0 Å². The Balaban J connectivity index is 1.91. The van der Waals surface area contributed by atoms with Gasteiger partial charge in [0.2, 0.25) is 5.91 Å². The van der Waals surface area contributed by atoms with Crippen LogP contribution in [0.2, 0.25) is 0 Å². The number of anilines is 1. The molecule has 0 aliphatic carbocycles. The SMILES string of the molecule is NC(=O)c1ccsc1NC(=O)CN1CCC(O)C1. The number of amides is 2. The van der Waals surface area contributed by atoms with Gasteiger partial charge in [0.05, 0.1) is 18.2 Å². The highest BCUT2D eigenvalue weighted by Gasteiger charge is 2.22. The lowest BCUT2D eigenvalue weighted by Gasteiger charge is -2.14. The predicted molar refractivity (Wildman–Crippen MR) is 68.5 cm³/mol. The maximum absolute atomic E-state index is 11.8. The Kier molecular flexibility index (Phi) is 3.95. The number of hydrogen-bond acceptors (Lipinski definition) is 5. The molecule has 1 aliphatic rings. The van der Waals surface area contributed by atoms with Gasteiger partial charge in [-0.25, -0.2) is 0 Å². The minimum absolute atomic E-state index is 0.200. The van der Waals surface area contributed by atoms with Gasteiger partial charge < -0.3 is 16.2 Å². The van der Waals surface area contributed by atoms with Crippen molar-refractivity contribution in [1.82, 2.24) is 4.90 Å². The molecule has 1 atom stereocenters. The third-order valence-corrected chi connectivity index (χ3v) is 3.63. The smallest absolute Gasteiger partial charge is 0.251 e. The predicted octanol–water partition coefficient (Wildman–Crippen LogP) is -0.148. The van der Waals surface area contributed by atoms with E-state index in [1.807, 2.05) is 4.90 Å². The zero-order chi connectivity index (χ0) is 13.1. The summed E-state index contributed by atoms with van der Waals surface area (Å²) in [6, 6.07) is 1.59. The number of likely N-dealkylation sites (tertiary alicyclic amines) is 1. The topological polar surface area (TPSA) is 95.7 Å². The first-order valence-corrected chi connectivity index (χ1v) is 6.52. The number of nitrogens with one attached hydrogen (secondary N) is 1. The number of nitrogens with two attached hydrogens (primary N) is 1. The van der Waals surface area contributed by atoms with Crippen molar-refractivity contribution in [1.29, 1.82) is 0 Å². The van der Waals surface area contributed by atoms with Crippen LogP contribution in [0.15, 0.2) is 11.4 Å². The number of carbonyl (C=O) groups is 2. The molecule has 6 nitrogen and oxygen atoms in total. The molecule has 1 saturated heterocycles. The Morgan fingerprint density at radius 3 is 3.00 bits per heavy atom. The van der Waals surface area contributed by atoms with Crippen LogP contribution in [0, 0.1) is 0 Å². The number of primary amides is 1. The molecule has 1 aromatic rings. The fourth-order valence-electron chi connectivity index (χ4n) is 1.93. The molecule has 4 N–H and O–H groups in total. The quantitative estimate of drug-likeness (QED) is 0.708. The van der Waals surface area contributed by atoms with E-state index in [4.69, 9.17) is 5.73 Å². The van der Waals surface area contributed by atoms with Crippen molar-refractivity contribution in [2.24, 2.45) is 5.73 Å². The first-order chi connectivity index (χ1) is 8.56. The number of thiophene rings is 1. The molecule has 0 spiro atoms. The number of rotatable bonds is 4. The molecule has 1 fully saturated rings. The van der Waals surface area contributed by atoms with E-state index >= 15 is 0 Å². The summed E-state index contributed by atoms with van der Waals surface area (Å²) >= 11 is 1.26. The van der Waals surface area contributed by atoms with Crippen molar-refractivity contribution in [2.45, 2.75) is 12.5 Å². The van der Waals surface area contributed by atoms with E-state index in [2.05, 4.69) is 5.32 Å². The Bertz CT molecular complexity index is 460. The van der Waals surface area contributed by atoms with Crippen molar-refractivity contribution in [2.75, 3.05) is 25.0 Å². The monoisotopic (exact) mass is 269 g/mol. The highest BCUT2D eigenvalue weighted by atomic mass is 32.1. The summed E-state index contributed by atoms with van der Waals surface area (Å²) in [5.74, 6) is -0.753. The van der Waals surface area contributed by atoms with Crippen LogP contribution in [-0.2, 0) is 4.79 Å². The van der Waals surface area contributed by atoms with Crippen molar-refractivity contribution in [3.8, 4) is 0 Å². The van der Waals surface area contributed by atoms with Crippen molar-refractivity contribution in [3.63, 3.8) is 0 Å². The number of β-amino-alcohol motifs (C(OH)–C–C–N with tert-alkyl or cyclic N) is 1. The van der Waals surface area contributed by atoms with Gasteiger partial charge in [-0.3, -0.25) is 14.5 Å². The molecule has 2 heterocycles. The molecule has 7 heteroatoms. The van der Waals surface area contributed by atoms with Crippen molar-refractivity contribution >= 4 is 28.2 Å². The summed E-state index contributed by atoms with van der Waals surface area (Å²) in [6.07, 6.45) is 0.347. The third kappa shape index (κ3) is 3.06. The van der Waals surface area contributed by atoms with Crippen LogP contribution < -0.4 is 11.1 Å². The summed E-state index contributed by atoms with van der Waals surface area (Å²) in [5, 5.41) is 14.2. The Morgan fingerprint density at radius 2 is 2.39 bits per heavy atom. The Hall–Kier alpha value is -1.44. The number of nitrogens with zero attached hydrogens (tertiary/aromatic N) is 1. The molecule has 1 aliphatic heterocycles. The lowest BCUT2D eigenvalue weighted by atomic mass is 10.3. The highest BCUT2D eigenvalue weighted by molar-refractivity contribution is 7.14. The largest absolute Gasteiger partial charge is 0.392 e. The van der Waals surface area contributed by atoms with Crippen molar-refractivity contribution in [3.05, 3.63) is 17.0 Å². The summed E-state index contributed by atoms with van der Waals surface area (Å²) in [7, 11) is 0. The molecule has 1 unspecified atom stereocenters. The molecule has 2 rings (SSSR count). The molecule has 0 radical (unpaired) electrons. The van der Waals surface area contributed by atoms with Gasteiger partial charge in [0.15, 0.2) is 0 Å². The highest BCUT2D eigenvalue weighted by Crippen LogP contribution is 2.22. The Morgan fingerprint density at radius 1 is 1.61 bits per heavy atom. The summed E-state index contributed by atoms with van der Waals surface area (Å²) in [6.45, 7) is 1.44. The second kappa shape index (κ2) is 5.47. The summed E-state index contributed by atoms with van der Waals surface area (Å²) in [4.78, 5) is 24.7. The van der Waals surface area contributed by atoms with E-state index in [9.17, 15) is 14.7 Å². The van der Waals surface area contributed by atoms with Crippen molar-refractivity contribution < 1.29 is 14.7 Å². The summed E-state index contributed by atoms with van der Waals surface area (Å²) in [5.41, 5.74) is 5.52. The lowest BCUT2D eigenvalue weighted by molar-refractivity contribution is -0.117. The summed E-state index contributed by atoms with van der Waals surface area (Å²) < 4.78 is 0. The maximum Gasteiger partial charge on any atom is 0.251 e. The Labute approximate surface area is 108 Å². The first kappa shape index (κ1) is 13.0. The van der Waals surface area contributed by atoms with E-state index < -0.39 is 5.91 Å². The molecule has 1 aromatic heterocycles. The van der Waals surface area contributed by atoms with E-state index in [0.717, 1.165) is 0 Å². The second-order valence-electron chi connectivity index (χ2n) is 4.25. The fourth-order valence-corrected chi connectivity index (χ4v) is 2.73. The molecule has 0 aromatic carbocycles. The molecular formula is C11H15N3O3S. The van der Waals surface area contributed by atoms with Gasteiger partial charge in [0.1, 0.15) is 5.00 Å². The van der Waals surface area contributed by atoms with Gasteiger partial charge in [-0.1, -0.05) is 0 Å². The molecule has 0 bridgehead atoms.